The quantitative estimate of drug-likeness (QED) is 0.279. The Morgan fingerprint density at radius 2 is 2.44 bits per heavy atom. The molecule has 9 heavy (non-hydrogen) atoms. The van der Waals surface area contributed by atoms with Crippen LogP contribution in [-0.4, -0.2) is 31.3 Å². The van der Waals surface area contributed by atoms with Crippen LogP contribution in [0.4, 0.5) is 0 Å². The molecule has 7 heteroatoms. The first-order valence-corrected chi connectivity index (χ1v) is 2.03. The number of aromatic hydroxyl groups is 1. The van der Waals surface area contributed by atoms with E-state index in [0.717, 1.165) is 0 Å². The Hall–Kier alpha value is -1.66. The van der Waals surface area contributed by atoms with Gasteiger partial charge in [-0.25, -0.2) is 0 Å². The Morgan fingerprint density at radius 3 is 2.67 bits per heavy atom. The molecule has 0 saturated heterocycles. The molecule has 0 spiro atoms. The van der Waals surface area contributed by atoms with Gasteiger partial charge >= 0.3 is 6.01 Å². The average Bonchev–Trinajstić information content (AvgIpc) is 2.13. The molecule has 1 heterocycles. The third-order valence-electron chi connectivity index (χ3n) is 0.681. The van der Waals surface area contributed by atoms with E-state index in [1.54, 1.807) is 0 Å². The van der Waals surface area contributed by atoms with E-state index in [0.29, 0.717) is 4.68 Å². The molecular weight excluding hydrogens is 124 g/mol. The highest BCUT2D eigenvalue weighted by Gasteiger charge is 2.03. The minimum atomic E-state index is -0.484. The second kappa shape index (κ2) is 1.69. The van der Waals surface area contributed by atoms with Gasteiger partial charge in [-0.15, -0.1) is 4.68 Å². The first kappa shape index (κ1) is 5.48. The Kier molecular flexibility index (Phi) is 1.03. The minimum absolute atomic E-state index is 0.419. The van der Waals surface area contributed by atoms with Gasteiger partial charge in [-0.05, 0) is 10.4 Å². The topological polar surface area (TPSA) is 114 Å². The van der Waals surface area contributed by atoms with Crippen molar-refractivity contribution in [3.8, 4) is 6.01 Å². The van der Waals surface area contributed by atoms with Crippen LogP contribution in [0.25, 0.3) is 0 Å². The lowest BCUT2D eigenvalue weighted by Gasteiger charge is -1.91. The van der Waals surface area contributed by atoms with E-state index in [1.807, 2.05) is 0 Å². The smallest absolute Gasteiger partial charge is 0.340 e. The Labute approximate surface area is 49.6 Å². The van der Waals surface area contributed by atoms with E-state index >= 15 is 0 Å². The molecule has 0 fully saturated rings. The van der Waals surface area contributed by atoms with Crippen molar-refractivity contribution >= 4 is 5.96 Å². The van der Waals surface area contributed by atoms with E-state index in [4.69, 9.17) is 16.2 Å². The summed E-state index contributed by atoms with van der Waals surface area (Å²) in [6, 6.07) is -0.484. The minimum Gasteiger partial charge on any atom is -0.478 e. The summed E-state index contributed by atoms with van der Waals surface area (Å²) >= 11 is 0. The third-order valence-corrected chi connectivity index (χ3v) is 0.681. The molecule has 0 radical (unpaired) electrons. The van der Waals surface area contributed by atoms with Gasteiger partial charge < -0.3 is 10.8 Å². The molecular formula is C2H4N6O. The highest BCUT2D eigenvalue weighted by atomic mass is 16.3. The van der Waals surface area contributed by atoms with E-state index < -0.39 is 12.0 Å². The normalized spacial score (nSPS) is 9.33. The Balaban J connectivity index is 3.08. The standard InChI is InChI=1S/C2H4N6O/c3-1(4)8-2(9)5-6-7-8/h(H3,3,4)(H,5,7,9). The largest absolute Gasteiger partial charge is 0.478 e. The summed E-state index contributed by atoms with van der Waals surface area (Å²) in [6.07, 6.45) is 0. The molecule has 0 aliphatic heterocycles. The molecule has 4 N–H and O–H groups in total. The first-order chi connectivity index (χ1) is 4.22. The summed E-state index contributed by atoms with van der Waals surface area (Å²) < 4.78 is 0.694. The molecule has 1 rings (SSSR count). The fourth-order valence-corrected chi connectivity index (χ4v) is 0.338. The summed E-state index contributed by atoms with van der Waals surface area (Å²) in [7, 11) is 0. The lowest BCUT2D eigenvalue weighted by Crippen LogP contribution is -2.21. The van der Waals surface area contributed by atoms with Crippen LogP contribution in [0, 0.1) is 5.41 Å². The van der Waals surface area contributed by atoms with Gasteiger partial charge in [-0.1, -0.05) is 5.10 Å². The molecule has 0 aliphatic carbocycles. The van der Waals surface area contributed by atoms with Crippen LogP contribution in [0.15, 0.2) is 0 Å². The number of nitrogen functional groups attached to an aromatic ring is 1. The Bertz CT molecular complexity index is 227. The number of rotatable bonds is 0. The fourth-order valence-electron chi connectivity index (χ4n) is 0.338. The van der Waals surface area contributed by atoms with Gasteiger partial charge in [-0.2, -0.15) is 0 Å². The van der Waals surface area contributed by atoms with E-state index in [1.165, 1.54) is 0 Å². The van der Waals surface area contributed by atoms with Gasteiger partial charge in [0, 0.05) is 0 Å². The summed E-state index contributed by atoms with van der Waals surface area (Å²) in [5.74, 6) is -0.419. The second-order valence-corrected chi connectivity index (χ2v) is 1.28. The number of hydrogen-bond donors (Lipinski definition) is 3. The molecule has 7 nitrogen and oxygen atoms in total. The number of nitrogens with one attached hydrogen (secondary N) is 1. The van der Waals surface area contributed by atoms with Crippen molar-refractivity contribution in [3.63, 3.8) is 0 Å². The predicted molar refractivity (Wildman–Crippen MR) is 26.8 cm³/mol. The molecule has 0 saturated carbocycles. The lowest BCUT2D eigenvalue weighted by atomic mass is 11.0. The maximum absolute atomic E-state index is 8.63. The van der Waals surface area contributed by atoms with E-state index in [9.17, 15) is 0 Å². The number of tetrazole rings is 1. The van der Waals surface area contributed by atoms with Crippen LogP contribution >= 0.6 is 0 Å². The molecule has 48 valence electrons. The van der Waals surface area contributed by atoms with Crippen LogP contribution in [-0.2, 0) is 0 Å². The SMILES string of the molecule is N=C(N)n1nnnc1O. The van der Waals surface area contributed by atoms with Crippen LogP contribution in [0.1, 0.15) is 0 Å². The van der Waals surface area contributed by atoms with Crippen molar-refractivity contribution in [1.29, 1.82) is 5.41 Å². The van der Waals surface area contributed by atoms with Crippen molar-refractivity contribution in [2.45, 2.75) is 0 Å². The van der Waals surface area contributed by atoms with E-state index in [-0.39, 0.29) is 0 Å². The molecule has 1 aromatic rings. The summed E-state index contributed by atoms with van der Waals surface area (Å²) in [4.78, 5) is 0. The predicted octanol–water partition coefficient (Wildman–Crippen LogP) is -1.88. The second-order valence-electron chi connectivity index (χ2n) is 1.28. The molecule has 1 aromatic heterocycles. The van der Waals surface area contributed by atoms with E-state index in [2.05, 4.69) is 15.5 Å². The number of hydrogen-bond acceptors (Lipinski definition) is 5. The maximum Gasteiger partial charge on any atom is 0.340 e. The van der Waals surface area contributed by atoms with Crippen molar-refractivity contribution in [3.05, 3.63) is 0 Å². The van der Waals surface area contributed by atoms with Gasteiger partial charge in [-0.3, -0.25) is 5.41 Å². The zero-order valence-corrected chi connectivity index (χ0v) is 4.31. The van der Waals surface area contributed by atoms with Gasteiger partial charge in [0.05, 0.1) is 0 Å². The van der Waals surface area contributed by atoms with Crippen molar-refractivity contribution < 1.29 is 5.11 Å². The van der Waals surface area contributed by atoms with Crippen LogP contribution in [0.3, 0.4) is 0 Å². The molecule has 0 amide bonds. The van der Waals surface area contributed by atoms with Crippen LogP contribution in [0.2, 0.25) is 0 Å². The highest BCUT2D eigenvalue weighted by molar-refractivity contribution is 5.76. The van der Waals surface area contributed by atoms with Gasteiger partial charge in [0.1, 0.15) is 0 Å². The van der Waals surface area contributed by atoms with Gasteiger partial charge in [0.15, 0.2) is 0 Å². The average molecular weight is 128 g/mol. The molecule has 0 aromatic carbocycles. The fraction of sp³-hybridized carbons (Fsp3) is 0. The molecule has 0 bridgehead atoms. The Morgan fingerprint density at radius 1 is 1.78 bits per heavy atom. The summed E-state index contributed by atoms with van der Waals surface area (Å²) in [5, 5.41) is 24.6. The zero-order valence-electron chi connectivity index (χ0n) is 4.31. The van der Waals surface area contributed by atoms with Gasteiger partial charge in [0.25, 0.3) is 0 Å². The summed E-state index contributed by atoms with van der Waals surface area (Å²) in [5.41, 5.74) is 4.90. The first-order valence-electron chi connectivity index (χ1n) is 2.03. The maximum atomic E-state index is 8.63. The number of aromatic nitrogens is 4. The lowest BCUT2D eigenvalue weighted by molar-refractivity contribution is 0.419. The molecule has 0 aliphatic rings. The number of nitrogens with zero attached hydrogens (tertiary/aromatic N) is 4. The monoisotopic (exact) mass is 128 g/mol. The molecule has 0 unspecified atom stereocenters. The highest BCUT2D eigenvalue weighted by Crippen LogP contribution is 1.93. The van der Waals surface area contributed by atoms with Crippen LogP contribution < -0.4 is 5.73 Å². The zero-order chi connectivity index (χ0) is 6.85. The summed E-state index contributed by atoms with van der Waals surface area (Å²) in [6.45, 7) is 0. The van der Waals surface area contributed by atoms with Gasteiger partial charge in [0.2, 0.25) is 5.96 Å². The van der Waals surface area contributed by atoms with Crippen molar-refractivity contribution in [1.82, 2.24) is 20.2 Å². The van der Waals surface area contributed by atoms with Crippen LogP contribution in [0.5, 0.6) is 6.01 Å². The molecule has 0 atom stereocenters. The van der Waals surface area contributed by atoms with Crippen molar-refractivity contribution in [2.24, 2.45) is 5.73 Å². The third kappa shape index (κ3) is 0.784. The van der Waals surface area contributed by atoms with Crippen molar-refractivity contribution in [2.75, 3.05) is 0 Å². The number of nitrogens with two attached hydrogens (primary N) is 1.